The molecule has 1 aromatic heterocycles. The van der Waals surface area contributed by atoms with Gasteiger partial charge >= 0.3 is 0 Å². The predicted molar refractivity (Wildman–Crippen MR) is 96.9 cm³/mol. The van der Waals surface area contributed by atoms with Gasteiger partial charge in [-0.1, -0.05) is 34.1 Å². The third kappa shape index (κ3) is 3.30. The van der Waals surface area contributed by atoms with Crippen molar-refractivity contribution in [3.63, 3.8) is 0 Å². The second-order valence-electron chi connectivity index (χ2n) is 4.77. The summed E-state index contributed by atoms with van der Waals surface area (Å²) in [5.41, 5.74) is 4.40. The average molecular weight is 437 g/mol. The third-order valence-electron chi connectivity index (χ3n) is 3.26. The van der Waals surface area contributed by atoms with Crippen molar-refractivity contribution in [1.29, 1.82) is 0 Å². The number of para-hydroxylation sites is 1. The normalized spacial score (nSPS) is 11.2. The van der Waals surface area contributed by atoms with E-state index in [1.165, 1.54) is 6.07 Å². The minimum absolute atomic E-state index is 0.127. The molecule has 116 valence electrons. The van der Waals surface area contributed by atoms with Crippen LogP contribution >= 0.6 is 31.9 Å². The molecule has 0 aliphatic rings. The van der Waals surface area contributed by atoms with E-state index in [1.807, 2.05) is 30.5 Å². The van der Waals surface area contributed by atoms with Crippen LogP contribution in [0.2, 0.25) is 0 Å². The highest BCUT2D eigenvalue weighted by molar-refractivity contribution is 9.11. The molecule has 0 atom stereocenters. The Labute approximate surface area is 148 Å². The molecule has 0 aliphatic heterocycles. The van der Waals surface area contributed by atoms with Crippen LogP contribution in [0.1, 0.15) is 15.9 Å². The van der Waals surface area contributed by atoms with E-state index in [9.17, 15) is 9.90 Å². The fourth-order valence-electron chi connectivity index (χ4n) is 2.16. The summed E-state index contributed by atoms with van der Waals surface area (Å²) in [4.78, 5) is 15.3. The number of benzene rings is 2. The molecule has 1 heterocycles. The molecule has 0 fully saturated rings. The van der Waals surface area contributed by atoms with Gasteiger partial charge in [0, 0.05) is 27.1 Å². The Bertz CT molecular complexity index is 919. The molecule has 3 rings (SSSR count). The quantitative estimate of drug-likeness (QED) is 0.425. The Kier molecular flexibility index (Phi) is 4.49. The van der Waals surface area contributed by atoms with Crippen molar-refractivity contribution in [2.24, 2.45) is 5.10 Å². The highest BCUT2D eigenvalue weighted by Gasteiger charge is 2.14. The number of aromatic hydroxyl groups is 1. The number of aromatic nitrogens is 1. The minimum atomic E-state index is -0.499. The molecule has 7 heteroatoms. The zero-order chi connectivity index (χ0) is 16.4. The maximum absolute atomic E-state index is 12.1. The van der Waals surface area contributed by atoms with Crippen molar-refractivity contribution in [3.8, 4) is 5.75 Å². The summed E-state index contributed by atoms with van der Waals surface area (Å²) in [6.07, 6.45) is 3.37. The van der Waals surface area contributed by atoms with Gasteiger partial charge in [0.05, 0.1) is 16.3 Å². The number of hydrazone groups is 1. The van der Waals surface area contributed by atoms with E-state index in [4.69, 9.17) is 0 Å². The van der Waals surface area contributed by atoms with Gasteiger partial charge < -0.3 is 10.1 Å². The topological polar surface area (TPSA) is 77.5 Å². The summed E-state index contributed by atoms with van der Waals surface area (Å²) >= 11 is 6.47. The van der Waals surface area contributed by atoms with E-state index in [-0.39, 0.29) is 11.3 Å². The van der Waals surface area contributed by atoms with Crippen LogP contribution in [0.15, 0.2) is 56.6 Å². The Morgan fingerprint density at radius 2 is 2.04 bits per heavy atom. The number of hydrogen-bond acceptors (Lipinski definition) is 3. The van der Waals surface area contributed by atoms with Crippen LogP contribution in [0.3, 0.4) is 0 Å². The van der Waals surface area contributed by atoms with Crippen LogP contribution in [0.5, 0.6) is 5.75 Å². The van der Waals surface area contributed by atoms with E-state index in [0.717, 1.165) is 16.5 Å². The summed E-state index contributed by atoms with van der Waals surface area (Å²) in [5, 5.41) is 14.9. The number of phenolic OH excluding ortho intramolecular Hbond substituents is 1. The number of nitrogens with zero attached hydrogens (tertiary/aromatic N) is 1. The van der Waals surface area contributed by atoms with Crippen molar-refractivity contribution < 1.29 is 9.90 Å². The fraction of sp³-hybridized carbons (Fsp3) is 0. The smallest absolute Gasteiger partial charge is 0.275 e. The van der Waals surface area contributed by atoms with Crippen LogP contribution < -0.4 is 5.43 Å². The molecule has 3 N–H and O–H groups in total. The minimum Gasteiger partial charge on any atom is -0.506 e. The van der Waals surface area contributed by atoms with Crippen LogP contribution in [0, 0.1) is 0 Å². The second-order valence-corrected chi connectivity index (χ2v) is 6.54. The standard InChI is InChI=1S/C16H11Br2N3O2/c17-10-5-12(15(22)13(18)6-10)16(23)21-20-8-9-7-19-14-4-2-1-3-11(9)14/h1-8,19,22H,(H,21,23)/b20-8-. The maximum Gasteiger partial charge on any atom is 0.275 e. The fourth-order valence-corrected chi connectivity index (χ4v) is 3.39. The monoisotopic (exact) mass is 435 g/mol. The lowest BCUT2D eigenvalue weighted by molar-refractivity contribution is 0.0952. The second kappa shape index (κ2) is 6.55. The molecule has 5 nitrogen and oxygen atoms in total. The van der Waals surface area contributed by atoms with E-state index in [1.54, 1.807) is 12.3 Å². The molecule has 0 aliphatic carbocycles. The van der Waals surface area contributed by atoms with Crippen molar-refractivity contribution in [3.05, 3.63) is 62.7 Å². The molecule has 2 aromatic carbocycles. The predicted octanol–water partition coefficient (Wildman–Crippen LogP) is 4.16. The molecule has 0 spiro atoms. The Morgan fingerprint density at radius 3 is 2.87 bits per heavy atom. The summed E-state index contributed by atoms with van der Waals surface area (Å²) < 4.78 is 1.10. The average Bonchev–Trinajstić information content (AvgIpc) is 2.94. The van der Waals surface area contributed by atoms with Crippen LogP contribution in [-0.4, -0.2) is 22.2 Å². The summed E-state index contributed by atoms with van der Waals surface area (Å²) in [6, 6.07) is 11.0. The first-order valence-electron chi connectivity index (χ1n) is 6.64. The molecule has 0 bridgehead atoms. The molecule has 1 amide bonds. The number of halogens is 2. The largest absolute Gasteiger partial charge is 0.506 e. The van der Waals surface area contributed by atoms with Crippen LogP contribution in [-0.2, 0) is 0 Å². The summed E-state index contributed by atoms with van der Waals surface area (Å²) in [6.45, 7) is 0. The number of amides is 1. The number of carbonyl (C=O) groups excluding carboxylic acids is 1. The number of hydrogen-bond donors (Lipinski definition) is 3. The molecule has 0 unspecified atom stereocenters. The van der Waals surface area contributed by atoms with Gasteiger partial charge in [-0.25, -0.2) is 5.43 Å². The number of nitrogens with one attached hydrogen (secondary N) is 2. The van der Waals surface area contributed by atoms with Crippen molar-refractivity contribution in [2.75, 3.05) is 0 Å². The first-order valence-corrected chi connectivity index (χ1v) is 8.22. The van der Waals surface area contributed by atoms with E-state index >= 15 is 0 Å². The van der Waals surface area contributed by atoms with Gasteiger partial charge in [0.25, 0.3) is 5.91 Å². The van der Waals surface area contributed by atoms with E-state index < -0.39 is 5.91 Å². The highest BCUT2D eigenvalue weighted by Crippen LogP contribution is 2.31. The van der Waals surface area contributed by atoms with Gasteiger partial charge in [-0.15, -0.1) is 0 Å². The Hall–Kier alpha value is -2.12. The van der Waals surface area contributed by atoms with Crippen LogP contribution in [0.4, 0.5) is 0 Å². The first-order chi connectivity index (χ1) is 11.1. The number of rotatable bonds is 3. The zero-order valence-corrected chi connectivity index (χ0v) is 14.8. The molecule has 3 aromatic rings. The lowest BCUT2D eigenvalue weighted by Gasteiger charge is -2.05. The molecule has 0 saturated heterocycles. The lowest BCUT2D eigenvalue weighted by Crippen LogP contribution is -2.17. The molecule has 0 saturated carbocycles. The lowest BCUT2D eigenvalue weighted by atomic mass is 10.2. The number of fused-ring (bicyclic) bond motifs is 1. The van der Waals surface area contributed by atoms with E-state index in [2.05, 4.69) is 47.4 Å². The Balaban J connectivity index is 1.79. The third-order valence-corrected chi connectivity index (χ3v) is 4.33. The molecule has 23 heavy (non-hydrogen) atoms. The van der Waals surface area contributed by atoms with Crippen molar-refractivity contribution >= 4 is 54.9 Å². The summed E-state index contributed by atoms with van der Waals surface area (Å²) in [5.74, 6) is -0.631. The van der Waals surface area contributed by atoms with Crippen LogP contribution in [0.25, 0.3) is 10.9 Å². The number of phenols is 1. The zero-order valence-electron chi connectivity index (χ0n) is 11.7. The van der Waals surface area contributed by atoms with Gasteiger partial charge in [0.1, 0.15) is 5.75 Å². The molecule has 0 radical (unpaired) electrons. The SMILES string of the molecule is O=C(N/N=C\c1c[nH]c2ccccc12)c1cc(Br)cc(Br)c1O. The highest BCUT2D eigenvalue weighted by atomic mass is 79.9. The first kappa shape index (κ1) is 15.8. The van der Waals surface area contributed by atoms with Crippen molar-refractivity contribution in [1.82, 2.24) is 10.4 Å². The van der Waals surface area contributed by atoms with Crippen molar-refractivity contribution in [2.45, 2.75) is 0 Å². The van der Waals surface area contributed by atoms with E-state index in [0.29, 0.717) is 8.95 Å². The van der Waals surface area contributed by atoms with Gasteiger partial charge in [-0.2, -0.15) is 5.10 Å². The maximum atomic E-state index is 12.1. The number of carbonyl (C=O) groups is 1. The van der Waals surface area contributed by atoms with Gasteiger partial charge in [0.15, 0.2) is 0 Å². The van der Waals surface area contributed by atoms with Gasteiger partial charge in [0.2, 0.25) is 0 Å². The Morgan fingerprint density at radius 1 is 1.26 bits per heavy atom. The van der Waals surface area contributed by atoms with Gasteiger partial charge in [-0.05, 0) is 34.1 Å². The number of H-pyrrole nitrogens is 1. The van der Waals surface area contributed by atoms with Gasteiger partial charge in [-0.3, -0.25) is 4.79 Å². The summed E-state index contributed by atoms with van der Waals surface area (Å²) in [7, 11) is 0. The number of aromatic amines is 1. The molecular formula is C16H11Br2N3O2. The molecular weight excluding hydrogens is 426 g/mol.